The molecule has 0 aliphatic carbocycles. The summed E-state index contributed by atoms with van der Waals surface area (Å²) in [7, 11) is 0. The van der Waals surface area contributed by atoms with Gasteiger partial charge in [0.2, 0.25) is 5.95 Å². The molecule has 2 aromatic heterocycles. The van der Waals surface area contributed by atoms with Gasteiger partial charge in [-0.1, -0.05) is 41.9 Å². The average molecular weight is 560 g/mol. The monoisotopic (exact) mass is 558 g/mol. The van der Waals surface area contributed by atoms with Gasteiger partial charge in [-0.2, -0.15) is 0 Å². The highest BCUT2D eigenvalue weighted by Crippen LogP contribution is 2.33. The number of carbonyl (C=O) groups is 1. The molecule has 0 unspecified atom stereocenters. The molecule has 4 N–H and O–H groups in total. The highest BCUT2D eigenvalue weighted by molar-refractivity contribution is 9.10. The molecule has 0 saturated carbocycles. The molecule has 0 atom stereocenters. The maximum Gasteiger partial charge on any atom is 0.321 e. The molecular weight excluding hydrogens is 528 g/mol. The number of carbonyl (C=O) groups excluding carboxylic acids is 1. The predicted octanol–water partition coefficient (Wildman–Crippen LogP) is 3.66. The van der Waals surface area contributed by atoms with Gasteiger partial charge in [0.1, 0.15) is 0 Å². The van der Waals surface area contributed by atoms with E-state index in [2.05, 4.69) is 83.0 Å². The second-order valence-corrected chi connectivity index (χ2v) is 10.7. The fraction of sp³-hybridized carbons (Fsp3) is 0.417. The van der Waals surface area contributed by atoms with Crippen LogP contribution in [-0.2, 0) is 12.0 Å². The van der Waals surface area contributed by atoms with Gasteiger partial charge in [-0.3, -0.25) is 10.2 Å². The SMILES string of the molecule is CC(C)(c1ccc(Br)cc1)c1csc(NC(=O)NCc2cnc(NCCN3CCNCC3)nc2)n1. The third-order valence-corrected chi connectivity index (χ3v) is 7.30. The van der Waals surface area contributed by atoms with Crippen molar-refractivity contribution in [3.63, 3.8) is 0 Å². The molecule has 0 radical (unpaired) electrons. The van der Waals surface area contributed by atoms with E-state index in [1.807, 2.05) is 17.5 Å². The van der Waals surface area contributed by atoms with Gasteiger partial charge in [0, 0.05) is 79.0 Å². The van der Waals surface area contributed by atoms with Gasteiger partial charge >= 0.3 is 6.03 Å². The Kier molecular flexibility index (Phi) is 8.66. The molecule has 9 nitrogen and oxygen atoms in total. The molecule has 0 spiro atoms. The number of anilines is 2. The van der Waals surface area contributed by atoms with Crippen molar-refractivity contribution in [1.29, 1.82) is 0 Å². The molecule has 1 aliphatic heterocycles. The summed E-state index contributed by atoms with van der Waals surface area (Å²) in [6, 6.07) is 7.90. The van der Waals surface area contributed by atoms with Gasteiger partial charge in [0.05, 0.1) is 5.69 Å². The van der Waals surface area contributed by atoms with Crippen molar-refractivity contribution >= 4 is 44.4 Å². The topological polar surface area (TPSA) is 107 Å². The second-order valence-electron chi connectivity index (χ2n) is 8.91. The summed E-state index contributed by atoms with van der Waals surface area (Å²) in [6.07, 6.45) is 3.45. The van der Waals surface area contributed by atoms with Crippen LogP contribution in [0.5, 0.6) is 0 Å². The van der Waals surface area contributed by atoms with Gasteiger partial charge < -0.3 is 16.0 Å². The van der Waals surface area contributed by atoms with Crippen molar-refractivity contribution in [2.75, 3.05) is 49.9 Å². The first kappa shape index (κ1) is 25.5. The Hall–Kier alpha value is -2.60. The van der Waals surface area contributed by atoms with Crippen LogP contribution in [-0.4, -0.2) is 65.2 Å². The number of aromatic nitrogens is 3. The molecule has 1 saturated heterocycles. The van der Waals surface area contributed by atoms with Crippen LogP contribution < -0.4 is 21.3 Å². The number of urea groups is 1. The minimum atomic E-state index is -0.314. The normalized spacial score (nSPS) is 14.5. The average Bonchev–Trinajstić information content (AvgIpc) is 3.34. The molecule has 11 heteroatoms. The first-order chi connectivity index (χ1) is 16.9. The molecule has 2 amide bonds. The van der Waals surface area contributed by atoms with E-state index in [-0.39, 0.29) is 11.4 Å². The highest BCUT2D eigenvalue weighted by Gasteiger charge is 2.26. The fourth-order valence-electron chi connectivity index (χ4n) is 3.75. The van der Waals surface area contributed by atoms with E-state index in [9.17, 15) is 4.79 Å². The third kappa shape index (κ3) is 7.20. The standard InChI is InChI=1S/C24H31BrN8OS/c1-24(2,18-3-5-19(25)6-4-18)20-16-35-23(31-20)32-22(34)30-15-17-13-28-21(29-14-17)27-9-12-33-10-7-26-8-11-33/h3-6,13-14,16,26H,7-12,15H2,1-2H3,(H,27,28,29)(H2,30,31,32,34). The van der Waals surface area contributed by atoms with Gasteiger partial charge in [-0.25, -0.2) is 19.7 Å². The maximum atomic E-state index is 12.4. The molecule has 1 fully saturated rings. The Balaban J connectivity index is 1.22. The van der Waals surface area contributed by atoms with Crippen LogP contribution in [0, 0.1) is 0 Å². The van der Waals surface area contributed by atoms with Crippen molar-refractivity contribution in [3.05, 3.63) is 63.3 Å². The van der Waals surface area contributed by atoms with Crippen molar-refractivity contribution in [2.24, 2.45) is 0 Å². The van der Waals surface area contributed by atoms with E-state index in [1.165, 1.54) is 11.3 Å². The van der Waals surface area contributed by atoms with Gasteiger partial charge in [0.25, 0.3) is 0 Å². The number of hydrogen-bond acceptors (Lipinski definition) is 8. The van der Waals surface area contributed by atoms with Crippen molar-refractivity contribution < 1.29 is 4.79 Å². The molecule has 186 valence electrons. The number of halogens is 1. The zero-order valence-corrected chi connectivity index (χ0v) is 22.4. The second kappa shape index (κ2) is 11.9. The van der Waals surface area contributed by atoms with Gasteiger partial charge in [-0.15, -0.1) is 11.3 Å². The third-order valence-electron chi connectivity index (χ3n) is 6.01. The predicted molar refractivity (Wildman–Crippen MR) is 144 cm³/mol. The number of benzene rings is 1. The molecular formula is C24H31BrN8OS. The summed E-state index contributed by atoms with van der Waals surface area (Å²) in [5.74, 6) is 0.594. The molecule has 35 heavy (non-hydrogen) atoms. The van der Waals surface area contributed by atoms with E-state index in [0.717, 1.165) is 60.6 Å². The van der Waals surface area contributed by atoms with Crippen LogP contribution >= 0.6 is 27.3 Å². The lowest BCUT2D eigenvalue weighted by molar-refractivity contribution is 0.249. The first-order valence-electron chi connectivity index (χ1n) is 11.6. The van der Waals surface area contributed by atoms with Crippen molar-refractivity contribution in [2.45, 2.75) is 25.8 Å². The van der Waals surface area contributed by atoms with Crippen LogP contribution in [0.2, 0.25) is 0 Å². The lowest BCUT2D eigenvalue weighted by atomic mass is 9.82. The summed E-state index contributed by atoms with van der Waals surface area (Å²) < 4.78 is 1.04. The van der Waals surface area contributed by atoms with Crippen LogP contribution in [0.4, 0.5) is 15.9 Å². The van der Waals surface area contributed by atoms with Crippen LogP contribution in [0.15, 0.2) is 46.5 Å². The summed E-state index contributed by atoms with van der Waals surface area (Å²) in [5, 5.41) is 14.8. The summed E-state index contributed by atoms with van der Waals surface area (Å²) >= 11 is 4.89. The number of amides is 2. The number of nitrogens with one attached hydrogen (secondary N) is 4. The highest BCUT2D eigenvalue weighted by atomic mass is 79.9. The van der Waals surface area contributed by atoms with Crippen molar-refractivity contribution in [1.82, 2.24) is 30.5 Å². The maximum absolute atomic E-state index is 12.4. The summed E-state index contributed by atoms with van der Waals surface area (Å²) in [5.41, 5.74) is 2.62. The molecule has 0 bridgehead atoms. The fourth-order valence-corrected chi connectivity index (χ4v) is 4.89. The Bertz CT molecular complexity index is 1100. The first-order valence-corrected chi connectivity index (χ1v) is 13.3. The zero-order valence-electron chi connectivity index (χ0n) is 20.0. The number of hydrogen-bond donors (Lipinski definition) is 4. The minimum Gasteiger partial charge on any atom is -0.353 e. The molecule has 1 aliphatic rings. The number of piperazine rings is 1. The van der Waals surface area contributed by atoms with E-state index in [1.54, 1.807) is 12.4 Å². The van der Waals surface area contributed by atoms with E-state index < -0.39 is 0 Å². The van der Waals surface area contributed by atoms with Gasteiger partial charge in [0.15, 0.2) is 5.13 Å². The van der Waals surface area contributed by atoms with Gasteiger partial charge in [-0.05, 0) is 17.7 Å². The molecule has 4 rings (SSSR count). The largest absolute Gasteiger partial charge is 0.353 e. The zero-order chi connectivity index (χ0) is 24.7. The van der Waals surface area contributed by atoms with Crippen LogP contribution in [0.1, 0.15) is 30.7 Å². The van der Waals surface area contributed by atoms with Crippen LogP contribution in [0.25, 0.3) is 0 Å². The quantitative estimate of drug-likeness (QED) is 0.317. The van der Waals surface area contributed by atoms with E-state index in [0.29, 0.717) is 17.6 Å². The molecule has 3 heterocycles. The number of nitrogens with zero attached hydrogens (tertiary/aromatic N) is 4. The smallest absolute Gasteiger partial charge is 0.321 e. The summed E-state index contributed by atoms with van der Waals surface area (Å²) in [6.45, 7) is 10.6. The summed E-state index contributed by atoms with van der Waals surface area (Å²) in [4.78, 5) is 28.1. The Labute approximate surface area is 218 Å². The lowest BCUT2D eigenvalue weighted by Crippen LogP contribution is -2.45. The van der Waals surface area contributed by atoms with E-state index >= 15 is 0 Å². The lowest BCUT2D eigenvalue weighted by Gasteiger charge is -2.27. The molecule has 1 aromatic carbocycles. The minimum absolute atomic E-state index is 0.272. The Morgan fingerprint density at radius 3 is 2.60 bits per heavy atom. The Morgan fingerprint density at radius 1 is 1.17 bits per heavy atom. The Morgan fingerprint density at radius 2 is 1.89 bits per heavy atom. The number of rotatable bonds is 9. The number of thiazole rings is 1. The van der Waals surface area contributed by atoms with E-state index in [4.69, 9.17) is 0 Å². The van der Waals surface area contributed by atoms with Crippen LogP contribution in [0.3, 0.4) is 0 Å². The molecule has 3 aromatic rings. The van der Waals surface area contributed by atoms with Crippen molar-refractivity contribution in [3.8, 4) is 0 Å².